The number of rotatable bonds is 6. The molecular weight excluding hydrogens is 518 g/mol. The molecule has 2 N–H and O–H groups in total. The zero-order valence-corrected chi connectivity index (χ0v) is 20.0. The minimum absolute atomic E-state index is 0.0257. The van der Waals surface area contributed by atoms with Crippen LogP contribution >= 0.6 is 0 Å². The first-order valence-electron chi connectivity index (χ1n) is 11.7. The van der Waals surface area contributed by atoms with Gasteiger partial charge < -0.3 is 20.4 Å². The fourth-order valence-corrected chi connectivity index (χ4v) is 4.53. The molecule has 2 aliphatic rings. The van der Waals surface area contributed by atoms with E-state index in [1.165, 1.54) is 6.07 Å². The van der Waals surface area contributed by atoms with Crippen LogP contribution in [-0.4, -0.2) is 65.7 Å². The van der Waals surface area contributed by atoms with Crippen LogP contribution < -0.4 is 10.6 Å². The zero-order valence-electron chi connectivity index (χ0n) is 20.0. The highest BCUT2D eigenvalue weighted by atomic mass is 19.3. The molecule has 2 aliphatic heterocycles. The van der Waals surface area contributed by atoms with Crippen molar-refractivity contribution in [3.8, 4) is 0 Å². The lowest BCUT2D eigenvalue weighted by Crippen LogP contribution is -2.46. The van der Waals surface area contributed by atoms with Crippen molar-refractivity contribution in [3.05, 3.63) is 64.7 Å². The number of hydrogen-bond acceptors (Lipinski definition) is 4. The van der Waals surface area contributed by atoms with Gasteiger partial charge in [-0.2, -0.15) is 0 Å². The molecule has 2 aromatic carbocycles. The number of fused-ring (bicyclic) bond motifs is 1. The van der Waals surface area contributed by atoms with E-state index in [0.717, 1.165) is 26.8 Å². The minimum atomic E-state index is -3.03. The number of amides is 3. The van der Waals surface area contributed by atoms with Crippen molar-refractivity contribution in [1.29, 1.82) is 0 Å². The van der Waals surface area contributed by atoms with Crippen LogP contribution in [0.3, 0.4) is 0 Å². The highest BCUT2D eigenvalue weighted by Crippen LogP contribution is 2.30. The van der Waals surface area contributed by atoms with E-state index < -0.39 is 79.0 Å². The lowest BCUT2D eigenvalue weighted by Gasteiger charge is -2.25. The van der Waals surface area contributed by atoms with Gasteiger partial charge in [-0.05, 0) is 35.7 Å². The van der Waals surface area contributed by atoms with E-state index in [2.05, 4.69) is 0 Å². The third kappa shape index (κ3) is 6.09. The number of carbonyl (C=O) groups excluding carboxylic acids is 3. The van der Waals surface area contributed by atoms with E-state index in [-0.39, 0.29) is 37.2 Å². The molecule has 0 radical (unpaired) electrons. The molecule has 38 heavy (non-hydrogen) atoms. The van der Waals surface area contributed by atoms with Gasteiger partial charge in [0.25, 0.3) is 5.92 Å². The lowest BCUT2D eigenvalue weighted by atomic mass is 10.0. The Hall–Kier alpha value is -3.61. The standard InChI is InChI=1S/C25H24F6N4O3/c26-16-2-1-14-10-34(22(36)8-17(32)5-15-6-19(28)20(29)9-18(15)27)11-24(38)35(21(14)7-16)12-23(37)33-4-3-25(30,31)13-33/h1-2,6-7,9,17H,3-5,8,10-13,32H2. The van der Waals surface area contributed by atoms with Crippen LogP contribution in [0.15, 0.2) is 30.3 Å². The molecule has 1 unspecified atom stereocenters. The van der Waals surface area contributed by atoms with Crippen LogP contribution in [0.25, 0.3) is 0 Å². The predicted octanol–water partition coefficient (Wildman–Crippen LogP) is 2.75. The fourth-order valence-electron chi connectivity index (χ4n) is 4.53. The van der Waals surface area contributed by atoms with Gasteiger partial charge in [0.15, 0.2) is 11.6 Å². The van der Waals surface area contributed by atoms with Gasteiger partial charge in [-0.1, -0.05) is 6.07 Å². The maximum atomic E-state index is 14.1. The molecule has 3 amide bonds. The normalized spacial score (nSPS) is 17.9. The fraction of sp³-hybridized carbons (Fsp3) is 0.400. The maximum absolute atomic E-state index is 14.1. The number of hydrogen-bond donors (Lipinski definition) is 1. The first-order valence-corrected chi connectivity index (χ1v) is 11.7. The molecule has 2 heterocycles. The van der Waals surface area contributed by atoms with Crippen LogP contribution in [0.5, 0.6) is 0 Å². The molecule has 2 aromatic rings. The summed E-state index contributed by atoms with van der Waals surface area (Å²) in [4.78, 5) is 41.8. The van der Waals surface area contributed by atoms with Gasteiger partial charge in [-0.25, -0.2) is 26.3 Å². The Balaban J connectivity index is 1.49. The van der Waals surface area contributed by atoms with Crippen molar-refractivity contribution in [3.63, 3.8) is 0 Å². The van der Waals surface area contributed by atoms with Crippen LogP contribution in [0.1, 0.15) is 24.0 Å². The summed E-state index contributed by atoms with van der Waals surface area (Å²) < 4.78 is 81.9. The van der Waals surface area contributed by atoms with Gasteiger partial charge in [-0.3, -0.25) is 14.4 Å². The molecule has 204 valence electrons. The Morgan fingerprint density at radius 1 is 0.947 bits per heavy atom. The van der Waals surface area contributed by atoms with Gasteiger partial charge in [0.1, 0.15) is 24.7 Å². The molecule has 0 bridgehead atoms. The van der Waals surface area contributed by atoms with Crippen molar-refractivity contribution in [2.24, 2.45) is 5.73 Å². The van der Waals surface area contributed by atoms with E-state index in [9.17, 15) is 40.7 Å². The van der Waals surface area contributed by atoms with Crippen LogP contribution in [0.2, 0.25) is 0 Å². The van der Waals surface area contributed by atoms with Crippen LogP contribution in [0.4, 0.5) is 32.0 Å². The number of nitrogens with zero attached hydrogens (tertiary/aromatic N) is 3. The average molecular weight is 542 g/mol. The quantitative estimate of drug-likeness (QED) is 0.450. The second-order valence-electron chi connectivity index (χ2n) is 9.45. The summed E-state index contributed by atoms with van der Waals surface area (Å²) in [6.07, 6.45) is -1.18. The van der Waals surface area contributed by atoms with Gasteiger partial charge in [0.05, 0.1) is 12.2 Å². The summed E-state index contributed by atoms with van der Waals surface area (Å²) in [5.41, 5.74) is 6.08. The Bertz CT molecular complexity index is 1270. The molecule has 7 nitrogen and oxygen atoms in total. The monoisotopic (exact) mass is 542 g/mol. The summed E-state index contributed by atoms with van der Waals surface area (Å²) in [5, 5.41) is 0. The lowest BCUT2D eigenvalue weighted by molar-refractivity contribution is -0.136. The summed E-state index contributed by atoms with van der Waals surface area (Å²) >= 11 is 0. The number of halogens is 6. The predicted molar refractivity (Wildman–Crippen MR) is 123 cm³/mol. The highest BCUT2D eigenvalue weighted by Gasteiger charge is 2.41. The first-order chi connectivity index (χ1) is 17.8. The molecule has 0 saturated carbocycles. The van der Waals surface area contributed by atoms with E-state index in [1.807, 2.05) is 0 Å². The molecule has 4 rings (SSSR count). The van der Waals surface area contributed by atoms with Crippen molar-refractivity contribution in [2.45, 2.75) is 37.8 Å². The topological polar surface area (TPSA) is 87.0 Å². The number of alkyl halides is 2. The van der Waals surface area contributed by atoms with Crippen molar-refractivity contribution in [1.82, 2.24) is 9.80 Å². The summed E-state index contributed by atoms with van der Waals surface area (Å²) in [6, 6.07) is 3.48. The maximum Gasteiger partial charge on any atom is 0.267 e. The first kappa shape index (κ1) is 27.4. The van der Waals surface area contributed by atoms with Crippen molar-refractivity contribution >= 4 is 23.4 Å². The van der Waals surface area contributed by atoms with Gasteiger partial charge in [0, 0.05) is 38.0 Å². The smallest absolute Gasteiger partial charge is 0.267 e. The van der Waals surface area contributed by atoms with Gasteiger partial charge >= 0.3 is 0 Å². The van der Waals surface area contributed by atoms with E-state index in [0.29, 0.717) is 17.7 Å². The molecule has 1 saturated heterocycles. The SMILES string of the molecule is NC(CC(=O)N1CC(=O)N(CC(=O)N2CCC(F)(F)C2)c2cc(F)ccc2C1)Cc1cc(F)c(F)cc1F. The number of anilines is 1. The molecule has 0 aromatic heterocycles. The molecule has 13 heteroatoms. The second-order valence-corrected chi connectivity index (χ2v) is 9.45. The Morgan fingerprint density at radius 3 is 2.34 bits per heavy atom. The number of nitrogens with two attached hydrogens (primary N) is 1. The zero-order chi connectivity index (χ0) is 27.8. The molecule has 0 aliphatic carbocycles. The minimum Gasteiger partial charge on any atom is -0.335 e. The second kappa shape index (κ2) is 10.6. The molecule has 0 spiro atoms. The highest BCUT2D eigenvalue weighted by molar-refractivity contribution is 6.02. The van der Waals surface area contributed by atoms with E-state index in [1.54, 1.807) is 0 Å². The third-order valence-electron chi connectivity index (χ3n) is 6.50. The van der Waals surface area contributed by atoms with Crippen molar-refractivity contribution in [2.75, 3.05) is 31.1 Å². The Morgan fingerprint density at radius 2 is 1.66 bits per heavy atom. The van der Waals surface area contributed by atoms with Crippen LogP contribution in [0, 0.1) is 23.3 Å². The number of likely N-dealkylation sites (tertiary alicyclic amines) is 1. The Kier molecular flexibility index (Phi) is 7.68. The largest absolute Gasteiger partial charge is 0.335 e. The number of carbonyl (C=O) groups is 3. The third-order valence-corrected chi connectivity index (χ3v) is 6.50. The van der Waals surface area contributed by atoms with Crippen molar-refractivity contribution < 1.29 is 40.7 Å². The van der Waals surface area contributed by atoms with E-state index >= 15 is 0 Å². The van der Waals surface area contributed by atoms with E-state index in [4.69, 9.17) is 5.73 Å². The summed E-state index contributed by atoms with van der Waals surface area (Å²) in [6.45, 7) is -2.28. The Labute approximate surface area is 213 Å². The van der Waals surface area contributed by atoms with Crippen LogP contribution in [-0.2, 0) is 27.3 Å². The summed E-state index contributed by atoms with van der Waals surface area (Å²) in [7, 11) is 0. The summed E-state index contributed by atoms with van der Waals surface area (Å²) in [5.74, 6) is -9.53. The number of benzene rings is 2. The van der Waals surface area contributed by atoms with Gasteiger partial charge in [0.2, 0.25) is 17.7 Å². The molecular formula is C25H24F6N4O3. The average Bonchev–Trinajstić information content (AvgIpc) is 3.14. The van der Waals surface area contributed by atoms with Gasteiger partial charge in [-0.15, -0.1) is 0 Å². The molecule has 1 atom stereocenters. The molecule has 1 fully saturated rings.